The molecule has 0 aliphatic carbocycles. The molecule has 0 unspecified atom stereocenters. The van der Waals surface area contributed by atoms with Gasteiger partial charge in [-0.3, -0.25) is 0 Å². The summed E-state index contributed by atoms with van der Waals surface area (Å²) in [4.78, 5) is 17.4. The summed E-state index contributed by atoms with van der Waals surface area (Å²) in [6.45, 7) is 5.38. The molecule has 1 atom stereocenters. The van der Waals surface area contributed by atoms with Crippen LogP contribution in [0.5, 0.6) is 0 Å². The summed E-state index contributed by atoms with van der Waals surface area (Å²) in [6.07, 6.45) is 0. The maximum Gasteiger partial charge on any atom is 0.338 e. The van der Waals surface area contributed by atoms with Crippen molar-refractivity contribution in [3.05, 3.63) is 81.3 Å². The predicted octanol–water partition coefficient (Wildman–Crippen LogP) is 4.13. The van der Waals surface area contributed by atoms with E-state index in [1.165, 1.54) is 30.0 Å². The number of hydrogen-bond donors (Lipinski definition) is 1. The van der Waals surface area contributed by atoms with Gasteiger partial charge in [-0.25, -0.2) is 14.2 Å². The molecular formula is C24H21FN4O3S. The number of nitrogens with two attached hydrogens (primary N) is 1. The normalized spacial score (nSPS) is 15.5. The highest BCUT2D eigenvalue weighted by Gasteiger charge is 2.38. The number of aryl methyl sites for hydroxylation is 2. The highest BCUT2D eigenvalue weighted by molar-refractivity contribution is 7.99. The largest absolute Gasteiger partial charge is 0.463 e. The van der Waals surface area contributed by atoms with Crippen molar-refractivity contribution < 1.29 is 18.7 Å². The molecule has 0 amide bonds. The van der Waals surface area contributed by atoms with E-state index in [0.717, 1.165) is 11.3 Å². The van der Waals surface area contributed by atoms with Crippen LogP contribution in [0.3, 0.4) is 0 Å². The second-order valence-electron chi connectivity index (χ2n) is 7.20. The topological polar surface area (TPSA) is 122 Å². The molecule has 0 radical (unpaired) electrons. The lowest BCUT2D eigenvalue weighted by Gasteiger charge is -2.28. The van der Waals surface area contributed by atoms with Crippen LogP contribution in [-0.4, -0.2) is 23.3 Å². The standard InChI is InChI=1S/C24H21FN4O3S/c1-4-31-24(30)21-19(12-33-23-17(10-26)13(2)8-14(3)29-23)32-22(28)18(11-27)20(21)15-6-5-7-16(25)9-15/h5-9,20H,4,12,28H2,1-3H3/t20-/m0/s1. The zero-order valence-corrected chi connectivity index (χ0v) is 19.1. The molecule has 0 spiro atoms. The molecule has 1 aliphatic heterocycles. The number of ether oxygens (including phenoxy) is 2. The Bertz CT molecular complexity index is 1260. The number of hydrogen-bond acceptors (Lipinski definition) is 8. The van der Waals surface area contributed by atoms with E-state index < -0.39 is 17.7 Å². The molecule has 7 nitrogen and oxygen atoms in total. The number of esters is 1. The summed E-state index contributed by atoms with van der Waals surface area (Å²) >= 11 is 1.20. The average Bonchev–Trinajstić information content (AvgIpc) is 2.76. The summed E-state index contributed by atoms with van der Waals surface area (Å²) in [5.41, 5.74) is 8.38. The number of carbonyl (C=O) groups excluding carboxylic acids is 1. The van der Waals surface area contributed by atoms with Crippen molar-refractivity contribution in [1.29, 1.82) is 10.5 Å². The molecule has 0 bridgehead atoms. The monoisotopic (exact) mass is 464 g/mol. The van der Waals surface area contributed by atoms with Crippen LogP contribution in [-0.2, 0) is 14.3 Å². The fraction of sp³-hybridized carbons (Fsp3) is 0.250. The first-order valence-electron chi connectivity index (χ1n) is 10.0. The smallest absolute Gasteiger partial charge is 0.338 e. The van der Waals surface area contributed by atoms with Crippen molar-refractivity contribution in [2.24, 2.45) is 5.73 Å². The van der Waals surface area contributed by atoms with Crippen LogP contribution in [0.2, 0.25) is 0 Å². The Balaban J connectivity index is 2.12. The van der Waals surface area contributed by atoms with Crippen LogP contribution < -0.4 is 5.73 Å². The predicted molar refractivity (Wildman–Crippen MR) is 120 cm³/mol. The molecule has 2 aromatic rings. The number of thioether (sulfide) groups is 1. The number of nitrogens with zero attached hydrogens (tertiary/aromatic N) is 3. The van der Waals surface area contributed by atoms with Gasteiger partial charge in [0.05, 0.1) is 29.4 Å². The van der Waals surface area contributed by atoms with Crippen LogP contribution in [0, 0.1) is 42.3 Å². The van der Waals surface area contributed by atoms with E-state index in [4.69, 9.17) is 15.2 Å². The van der Waals surface area contributed by atoms with Crippen molar-refractivity contribution in [3.63, 3.8) is 0 Å². The lowest BCUT2D eigenvalue weighted by Crippen LogP contribution is -2.27. The van der Waals surface area contributed by atoms with Gasteiger partial charge >= 0.3 is 5.97 Å². The van der Waals surface area contributed by atoms with Gasteiger partial charge in [-0.05, 0) is 50.1 Å². The van der Waals surface area contributed by atoms with E-state index in [9.17, 15) is 19.7 Å². The minimum atomic E-state index is -0.961. The van der Waals surface area contributed by atoms with Crippen molar-refractivity contribution in [2.45, 2.75) is 31.7 Å². The highest BCUT2D eigenvalue weighted by atomic mass is 32.2. The SMILES string of the molecule is CCOC(=O)C1=C(CSc2nc(C)cc(C)c2C#N)OC(N)=C(C#N)[C@@H]1c1cccc(F)c1. The first-order chi connectivity index (χ1) is 15.8. The fourth-order valence-corrected chi connectivity index (χ4v) is 4.60. The van der Waals surface area contributed by atoms with Gasteiger partial charge in [-0.1, -0.05) is 23.9 Å². The highest BCUT2D eigenvalue weighted by Crippen LogP contribution is 2.41. The number of pyridine rings is 1. The van der Waals surface area contributed by atoms with E-state index >= 15 is 0 Å². The number of allylic oxidation sites excluding steroid dienone is 1. The molecule has 1 aliphatic rings. The van der Waals surface area contributed by atoms with Crippen LogP contribution >= 0.6 is 11.8 Å². The Morgan fingerprint density at radius 2 is 2.06 bits per heavy atom. The van der Waals surface area contributed by atoms with Gasteiger partial charge in [0.2, 0.25) is 5.88 Å². The first-order valence-corrected chi connectivity index (χ1v) is 11.0. The van der Waals surface area contributed by atoms with Crippen LogP contribution in [0.4, 0.5) is 4.39 Å². The van der Waals surface area contributed by atoms with E-state index in [0.29, 0.717) is 16.2 Å². The minimum Gasteiger partial charge on any atom is -0.463 e. The van der Waals surface area contributed by atoms with Crippen LogP contribution in [0.1, 0.15) is 35.2 Å². The number of halogens is 1. The third-order valence-corrected chi connectivity index (χ3v) is 5.91. The molecule has 2 heterocycles. The molecule has 2 N–H and O–H groups in total. The molecular weight excluding hydrogens is 443 g/mol. The number of nitriles is 2. The first kappa shape index (κ1) is 23.8. The number of benzene rings is 1. The molecule has 33 heavy (non-hydrogen) atoms. The lowest BCUT2D eigenvalue weighted by atomic mass is 9.83. The molecule has 9 heteroatoms. The molecule has 0 fully saturated rings. The van der Waals surface area contributed by atoms with Gasteiger partial charge < -0.3 is 15.2 Å². The zero-order chi connectivity index (χ0) is 24.1. The van der Waals surface area contributed by atoms with Crippen molar-refractivity contribution >= 4 is 17.7 Å². The van der Waals surface area contributed by atoms with Crippen molar-refractivity contribution in [1.82, 2.24) is 4.98 Å². The third-order valence-electron chi connectivity index (χ3n) is 4.94. The molecule has 3 rings (SSSR count). The Labute approximate surface area is 195 Å². The van der Waals surface area contributed by atoms with E-state index in [1.807, 2.05) is 26.0 Å². The van der Waals surface area contributed by atoms with Crippen molar-refractivity contribution in [2.75, 3.05) is 12.4 Å². The summed E-state index contributed by atoms with van der Waals surface area (Å²) < 4.78 is 24.9. The number of rotatable bonds is 6. The van der Waals surface area contributed by atoms with Gasteiger partial charge in [0.25, 0.3) is 0 Å². The lowest BCUT2D eigenvalue weighted by molar-refractivity contribution is -0.139. The van der Waals surface area contributed by atoms with E-state index in [1.54, 1.807) is 13.0 Å². The van der Waals surface area contributed by atoms with Gasteiger partial charge in [0.15, 0.2) is 0 Å². The maximum atomic E-state index is 14.0. The molecule has 1 aromatic carbocycles. The van der Waals surface area contributed by atoms with Crippen molar-refractivity contribution in [3.8, 4) is 12.1 Å². The van der Waals surface area contributed by atoms with Gasteiger partial charge in [-0.2, -0.15) is 10.5 Å². The minimum absolute atomic E-state index is 0.0142. The second-order valence-corrected chi connectivity index (χ2v) is 8.16. The molecule has 0 saturated heterocycles. The Hall–Kier alpha value is -3.82. The molecule has 1 aromatic heterocycles. The number of carbonyl (C=O) groups is 1. The third kappa shape index (κ3) is 5.00. The van der Waals surface area contributed by atoms with Gasteiger partial charge in [-0.15, -0.1) is 0 Å². The van der Waals surface area contributed by atoms with Gasteiger partial charge in [0.1, 0.15) is 34.3 Å². The average molecular weight is 465 g/mol. The van der Waals surface area contributed by atoms with E-state index in [2.05, 4.69) is 11.1 Å². The fourth-order valence-electron chi connectivity index (χ4n) is 3.55. The summed E-state index contributed by atoms with van der Waals surface area (Å²) in [5, 5.41) is 19.7. The van der Waals surface area contributed by atoms with Gasteiger partial charge in [0, 0.05) is 5.69 Å². The van der Waals surface area contributed by atoms with Crippen LogP contribution in [0.25, 0.3) is 0 Å². The molecule has 168 valence electrons. The zero-order valence-electron chi connectivity index (χ0n) is 18.3. The quantitative estimate of drug-likeness (QED) is 0.500. The van der Waals surface area contributed by atoms with E-state index in [-0.39, 0.29) is 35.1 Å². The van der Waals surface area contributed by atoms with Crippen LogP contribution in [0.15, 0.2) is 58.1 Å². The Kier molecular flexibility index (Phi) is 7.37. The summed E-state index contributed by atoms with van der Waals surface area (Å²) in [6, 6.07) is 11.5. The Morgan fingerprint density at radius 1 is 1.30 bits per heavy atom. The molecule has 0 saturated carbocycles. The second kappa shape index (κ2) is 10.2. The number of aromatic nitrogens is 1. The summed E-state index contributed by atoms with van der Waals surface area (Å²) in [5.74, 6) is -2.11. The summed E-state index contributed by atoms with van der Waals surface area (Å²) in [7, 11) is 0. The Morgan fingerprint density at radius 3 is 2.70 bits per heavy atom. The maximum absolute atomic E-state index is 14.0.